The van der Waals surface area contributed by atoms with E-state index in [2.05, 4.69) is 24.1 Å². The molecule has 6 heteroatoms. The van der Waals surface area contributed by atoms with Crippen molar-refractivity contribution in [3.63, 3.8) is 0 Å². The summed E-state index contributed by atoms with van der Waals surface area (Å²) in [6.07, 6.45) is 3.40. The number of amides is 1. The summed E-state index contributed by atoms with van der Waals surface area (Å²) < 4.78 is 16.1. The van der Waals surface area contributed by atoms with Crippen LogP contribution in [0.2, 0.25) is 0 Å². The van der Waals surface area contributed by atoms with Crippen LogP contribution in [0.5, 0.6) is 17.2 Å². The van der Waals surface area contributed by atoms with Crippen LogP contribution in [0.1, 0.15) is 17.2 Å². The summed E-state index contributed by atoms with van der Waals surface area (Å²) in [4.78, 5) is 17.2. The van der Waals surface area contributed by atoms with Crippen LogP contribution in [0, 0.1) is 0 Å². The van der Waals surface area contributed by atoms with E-state index in [1.54, 1.807) is 33.5 Å². The molecule has 0 aliphatic carbocycles. The van der Waals surface area contributed by atoms with Gasteiger partial charge in [-0.3, -0.25) is 4.79 Å². The maximum atomic E-state index is 13.0. The van der Waals surface area contributed by atoms with E-state index in [1.165, 1.54) is 0 Å². The van der Waals surface area contributed by atoms with Crippen molar-refractivity contribution < 1.29 is 19.0 Å². The quantitative estimate of drug-likeness (QED) is 0.702. The van der Waals surface area contributed by atoms with Crippen LogP contribution < -0.4 is 14.2 Å². The zero-order chi connectivity index (χ0) is 20.8. The minimum atomic E-state index is -0.0132. The molecule has 0 saturated carbocycles. The van der Waals surface area contributed by atoms with Crippen LogP contribution in [0.3, 0.4) is 0 Å². The number of methoxy groups -OCH3 is 3. The van der Waals surface area contributed by atoms with E-state index in [0.29, 0.717) is 23.8 Å². The van der Waals surface area contributed by atoms with E-state index in [0.717, 1.165) is 24.2 Å². The number of rotatable bonds is 6. The van der Waals surface area contributed by atoms with Gasteiger partial charge in [0, 0.05) is 25.7 Å². The topological polar surface area (TPSA) is 51.2 Å². The van der Waals surface area contributed by atoms with Gasteiger partial charge in [0.1, 0.15) is 0 Å². The molecule has 0 bridgehead atoms. The molecule has 3 rings (SSSR count). The van der Waals surface area contributed by atoms with Gasteiger partial charge in [0.15, 0.2) is 11.5 Å². The molecular formula is C23H28N2O4. The minimum Gasteiger partial charge on any atom is -0.493 e. The van der Waals surface area contributed by atoms with E-state index in [-0.39, 0.29) is 11.9 Å². The van der Waals surface area contributed by atoms with Crippen LogP contribution in [-0.2, 0) is 4.79 Å². The third-order valence-corrected chi connectivity index (χ3v) is 5.16. The average molecular weight is 396 g/mol. The monoisotopic (exact) mass is 396 g/mol. The molecule has 1 aliphatic heterocycles. The highest BCUT2D eigenvalue weighted by Crippen LogP contribution is 2.38. The minimum absolute atomic E-state index is 0.0132. The van der Waals surface area contributed by atoms with Crippen molar-refractivity contribution in [1.29, 1.82) is 0 Å². The maximum absolute atomic E-state index is 13.0. The molecular weight excluding hydrogens is 368 g/mol. The standard InChI is InChI=1S/C23H28N2O4/c1-24-12-13-25(19(16-24)18-8-6-5-7-9-18)22(26)11-10-17-14-20(27-2)23(29-4)21(15-17)28-3/h5-11,14-15,19H,12-13,16H2,1-4H3/b11-10-/t19-/m1/s1. The molecule has 0 spiro atoms. The molecule has 1 amide bonds. The lowest BCUT2D eigenvalue weighted by atomic mass is 10.0. The van der Waals surface area contributed by atoms with Crippen LogP contribution in [0.4, 0.5) is 0 Å². The van der Waals surface area contributed by atoms with Crippen molar-refractivity contribution in [2.24, 2.45) is 0 Å². The van der Waals surface area contributed by atoms with Crippen molar-refractivity contribution in [3.8, 4) is 17.2 Å². The van der Waals surface area contributed by atoms with Gasteiger partial charge in [-0.05, 0) is 36.4 Å². The number of carbonyl (C=O) groups excluding carboxylic acids is 1. The largest absolute Gasteiger partial charge is 0.493 e. The summed E-state index contributed by atoms with van der Waals surface area (Å²) in [6, 6.07) is 13.9. The number of carbonyl (C=O) groups is 1. The van der Waals surface area contributed by atoms with Gasteiger partial charge in [0.25, 0.3) is 0 Å². The number of piperazine rings is 1. The maximum Gasteiger partial charge on any atom is 0.247 e. The van der Waals surface area contributed by atoms with Gasteiger partial charge >= 0.3 is 0 Å². The Balaban J connectivity index is 1.84. The highest BCUT2D eigenvalue weighted by atomic mass is 16.5. The second kappa shape index (κ2) is 9.47. The molecule has 1 heterocycles. The fraction of sp³-hybridized carbons (Fsp3) is 0.348. The molecule has 1 atom stereocenters. The highest BCUT2D eigenvalue weighted by Gasteiger charge is 2.29. The number of ether oxygens (including phenoxy) is 3. The Morgan fingerprint density at radius 3 is 2.24 bits per heavy atom. The molecule has 6 nitrogen and oxygen atoms in total. The highest BCUT2D eigenvalue weighted by molar-refractivity contribution is 5.92. The van der Waals surface area contributed by atoms with Gasteiger partial charge < -0.3 is 24.0 Å². The molecule has 1 aliphatic rings. The van der Waals surface area contributed by atoms with E-state index < -0.39 is 0 Å². The van der Waals surface area contributed by atoms with E-state index in [9.17, 15) is 4.79 Å². The van der Waals surface area contributed by atoms with Crippen LogP contribution in [0.15, 0.2) is 48.5 Å². The van der Waals surface area contributed by atoms with Crippen molar-refractivity contribution in [3.05, 3.63) is 59.7 Å². The van der Waals surface area contributed by atoms with Gasteiger partial charge in [0.05, 0.1) is 27.4 Å². The van der Waals surface area contributed by atoms with Crippen LogP contribution >= 0.6 is 0 Å². The zero-order valence-corrected chi connectivity index (χ0v) is 17.4. The Bertz CT molecular complexity index is 841. The number of benzene rings is 2. The molecule has 29 heavy (non-hydrogen) atoms. The SMILES string of the molecule is COc1cc(/C=C\C(=O)N2CCN(C)C[C@@H]2c2ccccc2)cc(OC)c1OC. The number of hydrogen-bond acceptors (Lipinski definition) is 5. The third kappa shape index (κ3) is 4.71. The van der Waals surface area contributed by atoms with Crippen LogP contribution in [0.25, 0.3) is 6.08 Å². The van der Waals surface area contributed by atoms with Gasteiger partial charge in [-0.1, -0.05) is 30.3 Å². The summed E-state index contributed by atoms with van der Waals surface area (Å²) >= 11 is 0. The van der Waals surface area contributed by atoms with Gasteiger partial charge in [-0.15, -0.1) is 0 Å². The zero-order valence-electron chi connectivity index (χ0n) is 17.4. The second-order valence-corrected chi connectivity index (χ2v) is 7.01. The number of nitrogens with zero attached hydrogens (tertiary/aromatic N) is 2. The van der Waals surface area contributed by atoms with Gasteiger partial charge in [0.2, 0.25) is 11.7 Å². The first-order valence-corrected chi connectivity index (χ1v) is 9.59. The summed E-state index contributed by atoms with van der Waals surface area (Å²) in [5.41, 5.74) is 1.95. The Labute approximate surface area is 172 Å². The molecule has 0 N–H and O–H groups in total. The molecule has 0 unspecified atom stereocenters. The summed E-state index contributed by atoms with van der Waals surface area (Å²) in [7, 11) is 6.80. The van der Waals surface area contributed by atoms with Crippen molar-refractivity contribution in [1.82, 2.24) is 9.80 Å². The summed E-state index contributed by atoms with van der Waals surface area (Å²) in [5.74, 6) is 1.63. The first kappa shape index (κ1) is 20.7. The molecule has 2 aromatic carbocycles. The average Bonchev–Trinajstić information content (AvgIpc) is 2.77. The number of likely N-dealkylation sites (N-methyl/N-ethyl adjacent to an activating group) is 1. The first-order valence-electron chi connectivity index (χ1n) is 9.59. The molecule has 0 aromatic heterocycles. The molecule has 1 fully saturated rings. The third-order valence-electron chi connectivity index (χ3n) is 5.16. The molecule has 1 saturated heterocycles. The van der Waals surface area contributed by atoms with E-state index in [1.807, 2.05) is 35.2 Å². The Hall–Kier alpha value is -2.99. The summed E-state index contributed by atoms with van der Waals surface area (Å²) in [6.45, 7) is 2.36. The lowest BCUT2D eigenvalue weighted by Crippen LogP contribution is -2.48. The van der Waals surface area contributed by atoms with Crippen LogP contribution in [-0.4, -0.2) is 63.7 Å². The first-order chi connectivity index (χ1) is 14.1. The van der Waals surface area contributed by atoms with Gasteiger partial charge in [-0.2, -0.15) is 0 Å². The lowest BCUT2D eigenvalue weighted by molar-refractivity contribution is -0.130. The Morgan fingerprint density at radius 2 is 1.66 bits per heavy atom. The van der Waals surface area contributed by atoms with Crippen molar-refractivity contribution in [2.75, 3.05) is 48.0 Å². The number of hydrogen-bond donors (Lipinski definition) is 0. The Morgan fingerprint density at radius 1 is 1.00 bits per heavy atom. The normalized spacial score (nSPS) is 17.4. The lowest BCUT2D eigenvalue weighted by Gasteiger charge is -2.40. The smallest absolute Gasteiger partial charge is 0.247 e. The summed E-state index contributed by atoms with van der Waals surface area (Å²) in [5, 5.41) is 0. The fourth-order valence-electron chi connectivity index (χ4n) is 3.60. The molecule has 154 valence electrons. The van der Waals surface area contributed by atoms with Gasteiger partial charge in [-0.25, -0.2) is 0 Å². The molecule has 0 radical (unpaired) electrons. The Kier molecular flexibility index (Phi) is 6.77. The predicted octanol–water partition coefficient (Wildman–Crippen LogP) is 3.24. The molecule has 2 aromatic rings. The van der Waals surface area contributed by atoms with E-state index in [4.69, 9.17) is 14.2 Å². The van der Waals surface area contributed by atoms with Crippen molar-refractivity contribution >= 4 is 12.0 Å². The fourth-order valence-corrected chi connectivity index (χ4v) is 3.60. The van der Waals surface area contributed by atoms with E-state index >= 15 is 0 Å². The van der Waals surface area contributed by atoms with Crippen molar-refractivity contribution in [2.45, 2.75) is 6.04 Å². The predicted molar refractivity (Wildman–Crippen MR) is 114 cm³/mol. The second-order valence-electron chi connectivity index (χ2n) is 7.01.